The van der Waals surface area contributed by atoms with Crippen molar-refractivity contribution in [2.45, 2.75) is 16.2 Å². The van der Waals surface area contributed by atoms with Gasteiger partial charge >= 0.3 is 0 Å². The van der Waals surface area contributed by atoms with E-state index in [9.17, 15) is 8.42 Å². The van der Waals surface area contributed by atoms with Crippen LogP contribution in [0, 0.1) is 0 Å². The lowest BCUT2D eigenvalue weighted by Gasteiger charge is -2.13. The summed E-state index contributed by atoms with van der Waals surface area (Å²) in [6, 6.07) is 8.16. The molecule has 0 saturated heterocycles. The molecular weight excluding hydrogens is 350 g/mol. The van der Waals surface area contributed by atoms with Crippen molar-refractivity contribution in [2.24, 2.45) is 0 Å². The summed E-state index contributed by atoms with van der Waals surface area (Å²) in [4.78, 5) is 7.91. The molecule has 0 amide bonds. The van der Waals surface area contributed by atoms with Crippen LogP contribution < -0.4 is 10.1 Å². The highest BCUT2D eigenvalue weighted by molar-refractivity contribution is 7.91. The lowest BCUT2D eigenvalue weighted by molar-refractivity contribution is 0.403. The molecule has 134 valence electrons. The average Bonchev–Trinajstić information content (AvgIpc) is 3.12. The first kappa shape index (κ1) is 16.8. The molecule has 0 saturated carbocycles. The predicted octanol–water partition coefficient (Wildman–Crippen LogP) is 2.78. The van der Waals surface area contributed by atoms with Gasteiger partial charge in [-0.2, -0.15) is 0 Å². The van der Waals surface area contributed by atoms with Crippen LogP contribution in [0.5, 0.6) is 5.75 Å². The Hall–Kier alpha value is -2.64. The number of para-hydroxylation sites is 1. The van der Waals surface area contributed by atoms with Crippen molar-refractivity contribution in [2.75, 3.05) is 20.2 Å². The summed E-state index contributed by atoms with van der Waals surface area (Å²) in [6.07, 6.45) is 6.40. The van der Waals surface area contributed by atoms with Crippen LogP contribution in [-0.2, 0) is 9.84 Å². The number of methoxy groups -OCH3 is 1. The first-order valence-electron chi connectivity index (χ1n) is 8.37. The molecule has 1 aromatic carbocycles. The highest BCUT2D eigenvalue weighted by Gasteiger charge is 2.26. The van der Waals surface area contributed by atoms with Gasteiger partial charge in [0.1, 0.15) is 10.6 Å². The van der Waals surface area contributed by atoms with Gasteiger partial charge in [0, 0.05) is 24.5 Å². The average molecular weight is 369 g/mol. The molecule has 3 aromatic rings. The van der Waals surface area contributed by atoms with Crippen LogP contribution in [0.4, 0.5) is 0 Å². The standard InChI is InChI=1S/C19H19N3O3S/c1-25-15-4-2-3-5-16(15)26(23,24)17-8-11-21-18-14(12-22-19(17)18)13-6-9-20-10-7-13/h2-6,8,11-12,20,22H,7,9-10H2,1H3. The second-order valence-electron chi connectivity index (χ2n) is 6.07. The van der Waals surface area contributed by atoms with Crippen molar-refractivity contribution in [3.8, 4) is 5.75 Å². The Morgan fingerprint density at radius 1 is 1.15 bits per heavy atom. The van der Waals surface area contributed by atoms with E-state index >= 15 is 0 Å². The fourth-order valence-corrected chi connectivity index (χ4v) is 4.87. The normalized spacial score (nSPS) is 15.0. The van der Waals surface area contributed by atoms with Gasteiger partial charge in [0.25, 0.3) is 0 Å². The van der Waals surface area contributed by atoms with E-state index < -0.39 is 9.84 Å². The van der Waals surface area contributed by atoms with E-state index in [1.165, 1.54) is 18.7 Å². The van der Waals surface area contributed by atoms with Crippen LogP contribution in [0.2, 0.25) is 0 Å². The Morgan fingerprint density at radius 3 is 2.77 bits per heavy atom. The van der Waals surface area contributed by atoms with E-state index in [0.717, 1.165) is 25.1 Å². The van der Waals surface area contributed by atoms with Gasteiger partial charge in [-0.25, -0.2) is 8.42 Å². The molecule has 3 heterocycles. The van der Waals surface area contributed by atoms with Gasteiger partial charge in [0.2, 0.25) is 9.84 Å². The second-order valence-corrected chi connectivity index (χ2v) is 7.96. The lowest BCUT2D eigenvalue weighted by atomic mass is 10.0. The quantitative estimate of drug-likeness (QED) is 0.739. The van der Waals surface area contributed by atoms with E-state index in [0.29, 0.717) is 16.8 Å². The van der Waals surface area contributed by atoms with Crippen LogP contribution in [-0.4, -0.2) is 38.6 Å². The number of ether oxygens (including phenoxy) is 1. The number of sulfone groups is 1. The number of hydrogen-bond donors (Lipinski definition) is 2. The Kier molecular flexibility index (Phi) is 4.26. The summed E-state index contributed by atoms with van der Waals surface area (Å²) in [6.45, 7) is 1.71. The third kappa shape index (κ3) is 2.69. The zero-order chi connectivity index (χ0) is 18.1. The minimum absolute atomic E-state index is 0.146. The highest BCUT2D eigenvalue weighted by atomic mass is 32.2. The van der Waals surface area contributed by atoms with Crippen molar-refractivity contribution >= 4 is 26.4 Å². The third-order valence-corrected chi connectivity index (χ3v) is 6.42. The first-order valence-corrected chi connectivity index (χ1v) is 9.85. The minimum atomic E-state index is -3.75. The number of benzene rings is 1. The Bertz CT molecular complexity index is 1100. The van der Waals surface area contributed by atoms with Gasteiger partial charge in [-0.3, -0.25) is 4.98 Å². The molecule has 0 spiro atoms. The maximum Gasteiger partial charge on any atom is 0.212 e. The zero-order valence-corrected chi connectivity index (χ0v) is 15.1. The number of aromatic nitrogens is 2. The molecule has 1 aliphatic heterocycles. The maximum absolute atomic E-state index is 13.3. The van der Waals surface area contributed by atoms with E-state index in [2.05, 4.69) is 21.4 Å². The Labute approximate surface area is 151 Å². The first-order chi connectivity index (χ1) is 12.6. The van der Waals surface area contributed by atoms with Crippen molar-refractivity contribution in [3.05, 3.63) is 54.4 Å². The molecule has 0 atom stereocenters. The van der Waals surface area contributed by atoms with E-state index in [1.807, 2.05) is 6.20 Å². The van der Waals surface area contributed by atoms with Crippen LogP contribution in [0.25, 0.3) is 16.6 Å². The lowest BCUT2D eigenvalue weighted by Crippen LogP contribution is -2.19. The molecule has 26 heavy (non-hydrogen) atoms. The monoisotopic (exact) mass is 369 g/mol. The SMILES string of the molecule is COc1ccccc1S(=O)(=O)c1ccnc2c(C3=CCNCC3)c[nH]c12. The van der Waals surface area contributed by atoms with Crippen molar-refractivity contribution < 1.29 is 13.2 Å². The fraction of sp³-hybridized carbons (Fsp3) is 0.211. The molecule has 7 heteroatoms. The third-order valence-electron chi connectivity index (χ3n) is 4.59. The molecule has 0 radical (unpaired) electrons. The van der Waals surface area contributed by atoms with Crippen molar-refractivity contribution in [1.29, 1.82) is 0 Å². The number of aromatic amines is 1. The summed E-state index contributed by atoms with van der Waals surface area (Å²) in [5.41, 5.74) is 3.33. The number of pyridine rings is 1. The van der Waals surface area contributed by atoms with Gasteiger partial charge in [-0.15, -0.1) is 0 Å². The molecule has 1 aliphatic rings. The molecule has 0 bridgehead atoms. The minimum Gasteiger partial charge on any atom is -0.495 e. The Morgan fingerprint density at radius 2 is 2.00 bits per heavy atom. The molecule has 2 aromatic heterocycles. The van der Waals surface area contributed by atoms with Gasteiger partial charge in [0.05, 0.1) is 23.0 Å². The zero-order valence-electron chi connectivity index (χ0n) is 14.3. The summed E-state index contributed by atoms with van der Waals surface area (Å²) in [5, 5.41) is 3.28. The molecule has 0 aliphatic carbocycles. The Balaban J connectivity index is 1.90. The molecule has 6 nitrogen and oxygen atoms in total. The summed E-state index contributed by atoms with van der Waals surface area (Å²) >= 11 is 0. The van der Waals surface area contributed by atoms with Gasteiger partial charge in [-0.1, -0.05) is 18.2 Å². The number of hydrogen-bond acceptors (Lipinski definition) is 5. The summed E-state index contributed by atoms with van der Waals surface area (Å²) in [5.74, 6) is 0.324. The van der Waals surface area contributed by atoms with Crippen molar-refractivity contribution in [3.63, 3.8) is 0 Å². The van der Waals surface area contributed by atoms with Gasteiger partial charge < -0.3 is 15.0 Å². The molecular formula is C19H19N3O3S. The van der Waals surface area contributed by atoms with Gasteiger partial charge in [-0.05, 0) is 36.7 Å². The summed E-state index contributed by atoms with van der Waals surface area (Å²) < 4.78 is 31.8. The van der Waals surface area contributed by atoms with E-state index in [1.54, 1.807) is 30.5 Å². The summed E-state index contributed by atoms with van der Waals surface area (Å²) in [7, 11) is -2.29. The largest absolute Gasteiger partial charge is 0.495 e. The molecule has 4 rings (SSSR count). The number of nitrogens with one attached hydrogen (secondary N) is 2. The number of fused-ring (bicyclic) bond motifs is 1. The fourth-order valence-electron chi connectivity index (χ4n) is 3.30. The maximum atomic E-state index is 13.3. The topological polar surface area (TPSA) is 84.1 Å². The number of H-pyrrole nitrogens is 1. The van der Waals surface area contributed by atoms with Crippen LogP contribution in [0.1, 0.15) is 12.0 Å². The number of rotatable bonds is 4. The van der Waals surface area contributed by atoms with Crippen LogP contribution in [0.15, 0.2) is 58.6 Å². The predicted molar refractivity (Wildman–Crippen MR) is 100 cm³/mol. The smallest absolute Gasteiger partial charge is 0.212 e. The molecule has 0 unspecified atom stereocenters. The highest BCUT2D eigenvalue weighted by Crippen LogP contribution is 2.34. The van der Waals surface area contributed by atoms with Crippen LogP contribution in [0.3, 0.4) is 0 Å². The molecule has 0 fully saturated rings. The second kappa shape index (κ2) is 6.59. The van der Waals surface area contributed by atoms with Crippen LogP contribution >= 0.6 is 0 Å². The molecule has 2 N–H and O–H groups in total. The van der Waals surface area contributed by atoms with Crippen molar-refractivity contribution in [1.82, 2.24) is 15.3 Å². The van der Waals surface area contributed by atoms with E-state index in [4.69, 9.17) is 4.74 Å². The van der Waals surface area contributed by atoms with E-state index in [-0.39, 0.29) is 9.79 Å². The van der Waals surface area contributed by atoms with Gasteiger partial charge in [0.15, 0.2) is 0 Å². The number of nitrogens with zero attached hydrogens (tertiary/aromatic N) is 1.